The van der Waals surface area contributed by atoms with Crippen molar-refractivity contribution in [2.75, 3.05) is 17.7 Å². The topological polar surface area (TPSA) is 49.5 Å². The van der Waals surface area contributed by atoms with E-state index >= 15 is 0 Å². The van der Waals surface area contributed by atoms with E-state index in [0.717, 1.165) is 35.1 Å². The fourth-order valence-electron chi connectivity index (χ4n) is 2.57. The van der Waals surface area contributed by atoms with Crippen LogP contribution in [0.2, 0.25) is 0 Å². The lowest BCUT2D eigenvalue weighted by Gasteiger charge is -2.37. The minimum absolute atomic E-state index is 0.187. The standard InChI is InChI=1S/C13H19BrN2O/c1-16(12-4-2-3-5-13(12)17)11-7-6-9(14)8-10(11)15/h6-8,12-13,17H,2-5,15H2,1H3. The highest BCUT2D eigenvalue weighted by molar-refractivity contribution is 9.10. The molecule has 0 heterocycles. The van der Waals surface area contributed by atoms with Crippen molar-refractivity contribution in [1.29, 1.82) is 0 Å². The Balaban J connectivity index is 2.20. The van der Waals surface area contributed by atoms with E-state index in [-0.39, 0.29) is 12.1 Å². The van der Waals surface area contributed by atoms with Crippen LogP contribution in [0.5, 0.6) is 0 Å². The number of aliphatic hydroxyl groups is 1. The Hall–Kier alpha value is -0.740. The van der Waals surface area contributed by atoms with E-state index in [4.69, 9.17) is 5.73 Å². The van der Waals surface area contributed by atoms with Gasteiger partial charge in [0.05, 0.1) is 23.5 Å². The van der Waals surface area contributed by atoms with Gasteiger partial charge in [-0.1, -0.05) is 28.8 Å². The third-order valence-electron chi connectivity index (χ3n) is 3.56. The summed E-state index contributed by atoms with van der Waals surface area (Å²) in [6, 6.07) is 6.08. The van der Waals surface area contributed by atoms with Crippen molar-refractivity contribution in [2.45, 2.75) is 37.8 Å². The smallest absolute Gasteiger partial charge is 0.0743 e. The number of halogens is 1. The zero-order valence-electron chi connectivity index (χ0n) is 10.1. The molecule has 0 aliphatic heterocycles. The number of rotatable bonds is 2. The van der Waals surface area contributed by atoms with E-state index in [9.17, 15) is 5.11 Å². The molecule has 2 atom stereocenters. The maximum atomic E-state index is 10.1. The molecule has 3 nitrogen and oxygen atoms in total. The van der Waals surface area contributed by atoms with E-state index in [2.05, 4.69) is 20.8 Å². The SMILES string of the molecule is CN(c1ccc(Br)cc1N)C1CCCCC1O. The Bertz CT molecular complexity index is 397. The molecule has 0 bridgehead atoms. The first kappa shape index (κ1) is 12.7. The third-order valence-corrected chi connectivity index (χ3v) is 4.05. The average molecular weight is 299 g/mol. The van der Waals surface area contributed by atoms with Crippen molar-refractivity contribution in [2.24, 2.45) is 0 Å². The van der Waals surface area contributed by atoms with Gasteiger partial charge in [0.15, 0.2) is 0 Å². The summed E-state index contributed by atoms with van der Waals surface area (Å²) in [6.07, 6.45) is 4.00. The number of likely N-dealkylation sites (N-methyl/N-ethyl adjacent to an activating group) is 1. The molecule has 17 heavy (non-hydrogen) atoms. The van der Waals surface area contributed by atoms with Gasteiger partial charge in [-0.3, -0.25) is 0 Å². The number of nitrogens with zero attached hydrogens (tertiary/aromatic N) is 1. The molecule has 1 fully saturated rings. The van der Waals surface area contributed by atoms with Crippen LogP contribution in [0.25, 0.3) is 0 Å². The van der Waals surface area contributed by atoms with Gasteiger partial charge in [-0.05, 0) is 31.0 Å². The molecule has 0 spiro atoms. The normalized spacial score (nSPS) is 24.6. The fourth-order valence-corrected chi connectivity index (χ4v) is 2.95. The molecular formula is C13H19BrN2O. The van der Waals surface area contributed by atoms with Crippen LogP contribution in [0.15, 0.2) is 22.7 Å². The number of hydrogen-bond donors (Lipinski definition) is 2. The Morgan fingerprint density at radius 3 is 2.71 bits per heavy atom. The van der Waals surface area contributed by atoms with E-state index in [0.29, 0.717) is 0 Å². The van der Waals surface area contributed by atoms with Gasteiger partial charge in [-0.15, -0.1) is 0 Å². The molecule has 0 aromatic heterocycles. The van der Waals surface area contributed by atoms with E-state index < -0.39 is 0 Å². The average Bonchev–Trinajstić information content (AvgIpc) is 2.29. The van der Waals surface area contributed by atoms with Crippen LogP contribution in [0.1, 0.15) is 25.7 Å². The third kappa shape index (κ3) is 2.75. The second-order valence-corrected chi connectivity index (χ2v) is 5.65. The van der Waals surface area contributed by atoms with Gasteiger partial charge in [0, 0.05) is 11.5 Å². The zero-order valence-corrected chi connectivity index (χ0v) is 11.7. The summed E-state index contributed by atoms with van der Waals surface area (Å²) in [5.74, 6) is 0. The van der Waals surface area contributed by atoms with Crippen LogP contribution in [0, 0.1) is 0 Å². The van der Waals surface area contributed by atoms with Crippen LogP contribution in [0.4, 0.5) is 11.4 Å². The highest BCUT2D eigenvalue weighted by Gasteiger charge is 2.27. The van der Waals surface area contributed by atoms with Crippen molar-refractivity contribution in [3.05, 3.63) is 22.7 Å². The number of aliphatic hydroxyl groups excluding tert-OH is 1. The summed E-state index contributed by atoms with van der Waals surface area (Å²) < 4.78 is 0.983. The summed E-state index contributed by atoms with van der Waals surface area (Å²) in [4.78, 5) is 2.12. The van der Waals surface area contributed by atoms with Gasteiger partial charge in [-0.25, -0.2) is 0 Å². The first-order chi connectivity index (χ1) is 8.09. The van der Waals surface area contributed by atoms with E-state index in [1.165, 1.54) is 6.42 Å². The number of hydrogen-bond acceptors (Lipinski definition) is 3. The molecule has 1 aliphatic carbocycles. The quantitative estimate of drug-likeness (QED) is 0.826. The molecule has 1 aliphatic rings. The summed E-state index contributed by atoms with van der Waals surface area (Å²) in [7, 11) is 2.01. The Morgan fingerprint density at radius 2 is 2.06 bits per heavy atom. The summed E-state index contributed by atoms with van der Waals surface area (Å²) in [5.41, 5.74) is 7.77. The van der Waals surface area contributed by atoms with E-state index in [1.54, 1.807) is 0 Å². The zero-order chi connectivity index (χ0) is 12.4. The van der Waals surface area contributed by atoms with Crippen LogP contribution in [-0.2, 0) is 0 Å². The predicted molar refractivity (Wildman–Crippen MR) is 75.2 cm³/mol. The number of benzene rings is 1. The second kappa shape index (κ2) is 5.27. The maximum Gasteiger partial charge on any atom is 0.0743 e. The van der Waals surface area contributed by atoms with Gasteiger partial charge >= 0.3 is 0 Å². The predicted octanol–water partition coefficient (Wildman–Crippen LogP) is 2.77. The minimum Gasteiger partial charge on any atom is -0.397 e. The molecule has 2 unspecified atom stereocenters. The molecule has 1 aromatic rings. The molecule has 3 N–H and O–H groups in total. The number of anilines is 2. The largest absolute Gasteiger partial charge is 0.397 e. The number of nitrogen functional groups attached to an aromatic ring is 1. The Morgan fingerprint density at radius 1 is 1.35 bits per heavy atom. The Labute approximate surface area is 111 Å². The van der Waals surface area contributed by atoms with Gasteiger partial charge < -0.3 is 15.7 Å². The summed E-state index contributed by atoms with van der Waals surface area (Å²) >= 11 is 3.41. The molecule has 0 amide bonds. The number of nitrogens with two attached hydrogens (primary N) is 1. The molecular weight excluding hydrogens is 280 g/mol. The van der Waals surface area contributed by atoms with Gasteiger partial charge in [-0.2, -0.15) is 0 Å². The van der Waals surface area contributed by atoms with Crippen LogP contribution >= 0.6 is 15.9 Å². The van der Waals surface area contributed by atoms with Crippen molar-refractivity contribution in [3.8, 4) is 0 Å². The minimum atomic E-state index is -0.239. The van der Waals surface area contributed by atoms with Crippen LogP contribution in [-0.4, -0.2) is 24.3 Å². The van der Waals surface area contributed by atoms with Gasteiger partial charge in [0.2, 0.25) is 0 Å². The lowest BCUT2D eigenvalue weighted by molar-refractivity contribution is 0.106. The van der Waals surface area contributed by atoms with Gasteiger partial charge in [0.25, 0.3) is 0 Å². The lowest BCUT2D eigenvalue weighted by atomic mass is 9.91. The molecule has 94 valence electrons. The summed E-state index contributed by atoms with van der Waals surface area (Å²) in [5, 5.41) is 10.1. The first-order valence-corrected chi connectivity index (χ1v) is 6.85. The van der Waals surface area contributed by atoms with E-state index in [1.807, 2.05) is 25.2 Å². The van der Waals surface area contributed by atoms with Crippen molar-refractivity contribution >= 4 is 27.3 Å². The summed E-state index contributed by atoms with van der Waals surface area (Å²) in [6.45, 7) is 0. The monoisotopic (exact) mass is 298 g/mol. The van der Waals surface area contributed by atoms with Crippen molar-refractivity contribution in [3.63, 3.8) is 0 Å². The second-order valence-electron chi connectivity index (χ2n) is 4.73. The molecule has 4 heteroatoms. The molecule has 1 aromatic carbocycles. The van der Waals surface area contributed by atoms with Crippen molar-refractivity contribution in [1.82, 2.24) is 0 Å². The highest BCUT2D eigenvalue weighted by atomic mass is 79.9. The molecule has 0 saturated heterocycles. The molecule has 0 radical (unpaired) electrons. The maximum absolute atomic E-state index is 10.1. The Kier molecular flexibility index (Phi) is 3.94. The highest BCUT2D eigenvalue weighted by Crippen LogP contribution is 2.31. The lowest BCUT2D eigenvalue weighted by Crippen LogP contribution is -2.43. The molecule has 2 rings (SSSR count). The fraction of sp³-hybridized carbons (Fsp3) is 0.538. The van der Waals surface area contributed by atoms with Crippen LogP contribution in [0.3, 0.4) is 0 Å². The van der Waals surface area contributed by atoms with Gasteiger partial charge in [0.1, 0.15) is 0 Å². The van der Waals surface area contributed by atoms with Crippen LogP contribution < -0.4 is 10.6 Å². The van der Waals surface area contributed by atoms with Crippen molar-refractivity contribution < 1.29 is 5.11 Å². The molecule has 1 saturated carbocycles. The first-order valence-electron chi connectivity index (χ1n) is 6.05.